The van der Waals surface area contributed by atoms with E-state index in [0.29, 0.717) is 56.1 Å². The van der Waals surface area contributed by atoms with Crippen molar-refractivity contribution >= 4 is 15.7 Å². The Labute approximate surface area is 227 Å². The van der Waals surface area contributed by atoms with Gasteiger partial charge in [-0.15, -0.1) is 10.2 Å². The molecule has 1 aliphatic heterocycles. The van der Waals surface area contributed by atoms with E-state index in [9.17, 15) is 21.6 Å². The second-order valence-electron chi connectivity index (χ2n) is 10.5. The van der Waals surface area contributed by atoms with Crippen molar-refractivity contribution in [1.82, 2.24) is 15.1 Å². The zero-order chi connectivity index (χ0) is 27.6. The molecule has 0 spiro atoms. The van der Waals surface area contributed by atoms with E-state index < -0.39 is 33.8 Å². The van der Waals surface area contributed by atoms with E-state index in [1.165, 1.54) is 4.31 Å². The van der Waals surface area contributed by atoms with Gasteiger partial charge in [0.15, 0.2) is 0 Å². The number of rotatable bonds is 8. The molecule has 2 heterocycles. The van der Waals surface area contributed by atoms with Gasteiger partial charge in [-0.3, -0.25) is 4.31 Å². The van der Waals surface area contributed by atoms with Gasteiger partial charge in [-0.2, -0.15) is 8.78 Å². The van der Waals surface area contributed by atoms with Crippen molar-refractivity contribution in [2.45, 2.75) is 75.9 Å². The van der Waals surface area contributed by atoms with Crippen molar-refractivity contribution < 1.29 is 26.0 Å². The monoisotopic (exact) mass is 562 g/mol. The second-order valence-corrected chi connectivity index (χ2v) is 12.6. The summed E-state index contributed by atoms with van der Waals surface area (Å²) in [5, 5.41) is 6.52. The van der Waals surface area contributed by atoms with Gasteiger partial charge in [0, 0.05) is 11.6 Å². The molecule has 2 aromatic carbocycles. The van der Waals surface area contributed by atoms with Gasteiger partial charge in [0.1, 0.15) is 6.17 Å². The molecule has 0 amide bonds. The Morgan fingerprint density at radius 1 is 1.00 bits per heavy atom. The number of benzene rings is 2. The topological polar surface area (TPSA) is 79.5 Å². The highest BCUT2D eigenvalue weighted by Gasteiger charge is 2.37. The predicted octanol–water partition coefficient (Wildman–Crippen LogP) is 6.06. The van der Waals surface area contributed by atoms with Crippen LogP contribution in [0.4, 0.5) is 18.9 Å². The summed E-state index contributed by atoms with van der Waals surface area (Å²) in [7, 11) is -3.70. The molecule has 0 atom stereocenters. The van der Waals surface area contributed by atoms with E-state index in [1.807, 2.05) is 25.1 Å². The van der Waals surface area contributed by atoms with Crippen LogP contribution in [0.3, 0.4) is 0 Å². The molecule has 1 saturated carbocycles. The number of aryl methyl sites for hydroxylation is 1. The first-order valence-corrected chi connectivity index (χ1v) is 14.9. The van der Waals surface area contributed by atoms with Crippen LogP contribution in [0.2, 0.25) is 0 Å². The summed E-state index contributed by atoms with van der Waals surface area (Å²) in [5.41, 5.74) is 2.75. The summed E-state index contributed by atoms with van der Waals surface area (Å²) in [6.45, 7) is 3.42. The Kier molecular flexibility index (Phi) is 8.27. The van der Waals surface area contributed by atoms with Crippen LogP contribution < -0.4 is 4.31 Å². The number of anilines is 1. The van der Waals surface area contributed by atoms with E-state index in [4.69, 9.17) is 4.42 Å². The molecule has 2 aliphatic rings. The van der Waals surface area contributed by atoms with Crippen LogP contribution in [-0.4, -0.2) is 54.1 Å². The lowest BCUT2D eigenvalue weighted by Crippen LogP contribution is -2.49. The SMILES string of the molecule is Cc1cccc(N(Cc2ccc(-c3nnc(C(F)F)o3)cc2)S(=O)(=O)C2CCN(C3CCC(F)CC3)CC2)c1. The lowest BCUT2D eigenvalue weighted by molar-refractivity contribution is 0.103. The number of piperidine rings is 1. The fourth-order valence-electron chi connectivity index (χ4n) is 5.59. The van der Waals surface area contributed by atoms with Crippen LogP contribution in [-0.2, 0) is 16.6 Å². The number of halogens is 3. The zero-order valence-electron chi connectivity index (χ0n) is 21.8. The molecule has 11 heteroatoms. The minimum Gasteiger partial charge on any atom is -0.415 e. The van der Waals surface area contributed by atoms with E-state index in [2.05, 4.69) is 15.1 Å². The first kappa shape index (κ1) is 27.6. The lowest BCUT2D eigenvalue weighted by atomic mass is 9.91. The van der Waals surface area contributed by atoms with Crippen molar-refractivity contribution in [3.8, 4) is 11.5 Å². The molecule has 1 aromatic heterocycles. The molecule has 7 nitrogen and oxygen atoms in total. The van der Waals surface area contributed by atoms with Gasteiger partial charge in [-0.05, 0) is 93.9 Å². The standard InChI is InChI=1S/C28H33F3N4O3S/c1-19-3-2-4-24(17-19)35(18-20-5-7-21(8-6-20)27-32-33-28(38-27)26(30)31)39(36,37)25-13-15-34(16-14-25)23-11-9-22(29)10-12-23/h2-8,17,22-23,25-26H,9-16,18H2,1H3. The maximum atomic E-state index is 14.0. The molecule has 2 fully saturated rings. The van der Waals surface area contributed by atoms with E-state index >= 15 is 0 Å². The number of likely N-dealkylation sites (tertiary alicyclic amines) is 1. The zero-order valence-corrected chi connectivity index (χ0v) is 22.7. The largest absolute Gasteiger partial charge is 0.415 e. The second kappa shape index (κ2) is 11.7. The average Bonchev–Trinajstić information content (AvgIpc) is 3.43. The molecule has 1 saturated heterocycles. The van der Waals surface area contributed by atoms with Gasteiger partial charge in [0.25, 0.3) is 5.89 Å². The predicted molar refractivity (Wildman–Crippen MR) is 143 cm³/mol. The quantitative estimate of drug-likeness (QED) is 0.332. The molecular formula is C28H33F3N4O3S. The number of hydrogen-bond acceptors (Lipinski definition) is 6. The summed E-state index contributed by atoms with van der Waals surface area (Å²) in [5.74, 6) is -0.765. The van der Waals surface area contributed by atoms with Gasteiger partial charge < -0.3 is 9.32 Å². The third-order valence-electron chi connectivity index (χ3n) is 7.79. The van der Waals surface area contributed by atoms with Crippen LogP contribution in [0, 0.1) is 6.92 Å². The van der Waals surface area contributed by atoms with Crippen LogP contribution in [0.1, 0.15) is 62.0 Å². The highest BCUT2D eigenvalue weighted by Crippen LogP contribution is 2.32. The molecular weight excluding hydrogens is 529 g/mol. The van der Waals surface area contributed by atoms with Gasteiger partial charge >= 0.3 is 6.43 Å². The Morgan fingerprint density at radius 2 is 1.69 bits per heavy atom. The van der Waals surface area contributed by atoms with Crippen LogP contribution >= 0.6 is 0 Å². The van der Waals surface area contributed by atoms with Gasteiger partial charge in [0.2, 0.25) is 15.9 Å². The first-order valence-electron chi connectivity index (χ1n) is 13.4. The number of nitrogens with zero attached hydrogens (tertiary/aromatic N) is 4. The van der Waals surface area contributed by atoms with Gasteiger partial charge in [-0.25, -0.2) is 12.8 Å². The van der Waals surface area contributed by atoms with E-state index in [-0.39, 0.29) is 12.4 Å². The third kappa shape index (κ3) is 6.30. The van der Waals surface area contributed by atoms with Crippen molar-refractivity contribution in [3.05, 3.63) is 65.5 Å². The maximum Gasteiger partial charge on any atom is 0.314 e. The summed E-state index contributed by atoms with van der Waals surface area (Å²) in [4.78, 5) is 2.34. The maximum absolute atomic E-state index is 14.0. The molecule has 39 heavy (non-hydrogen) atoms. The van der Waals surface area contributed by atoms with Crippen molar-refractivity contribution in [2.24, 2.45) is 0 Å². The van der Waals surface area contributed by atoms with E-state index in [1.54, 1.807) is 30.3 Å². The number of hydrogen-bond donors (Lipinski definition) is 0. The Bertz CT molecular complexity index is 1350. The summed E-state index contributed by atoms with van der Waals surface area (Å²) < 4.78 is 73.8. The van der Waals surface area contributed by atoms with Crippen LogP contribution in [0.25, 0.3) is 11.5 Å². The van der Waals surface area contributed by atoms with Crippen molar-refractivity contribution in [2.75, 3.05) is 17.4 Å². The Hall–Kier alpha value is -2.92. The Morgan fingerprint density at radius 3 is 2.31 bits per heavy atom. The molecule has 0 unspecified atom stereocenters. The van der Waals surface area contributed by atoms with Crippen LogP contribution in [0.5, 0.6) is 0 Å². The summed E-state index contributed by atoms with van der Waals surface area (Å²) in [6, 6.07) is 14.6. The molecule has 210 valence electrons. The fourth-order valence-corrected chi connectivity index (χ4v) is 7.49. The van der Waals surface area contributed by atoms with Crippen molar-refractivity contribution in [3.63, 3.8) is 0 Å². The molecule has 3 aromatic rings. The van der Waals surface area contributed by atoms with Gasteiger partial charge in [-0.1, -0.05) is 24.3 Å². The minimum atomic E-state index is -3.70. The lowest BCUT2D eigenvalue weighted by Gasteiger charge is -2.40. The highest BCUT2D eigenvalue weighted by atomic mass is 32.2. The summed E-state index contributed by atoms with van der Waals surface area (Å²) >= 11 is 0. The fraction of sp³-hybridized carbons (Fsp3) is 0.500. The molecule has 0 bridgehead atoms. The summed E-state index contributed by atoms with van der Waals surface area (Å²) in [6.07, 6.45) is 0.333. The third-order valence-corrected chi connectivity index (χ3v) is 10.1. The van der Waals surface area contributed by atoms with Gasteiger partial charge in [0.05, 0.1) is 17.5 Å². The Balaban J connectivity index is 1.33. The molecule has 5 rings (SSSR count). The molecule has 0 radical (unpaired) electrons. The number of aromatic nitrogens is 2. The average molecular weight is 563 g/mol. The number of alkyl halides is 3. The van der Waals surface area contributed by atoms with E-state index in [0.717, 1.165) is 24.0 Å². The molecule has 1 aliphatic carbocycles. The highest BCUT2D eigenvalue weighted by molar-refractivity contribution is 7.93. The van der Waals surface area contributed by atoms with Crippen LogP contribution in [0.15, 0.2) is 52.9 Å². The minimum absolute atomic E-state index is 0.0215. The normalized spacial score (nSPS) is 21.4. The smallest absolute Gasteiger partial charge is 0.314 e. The molecule has 0 N–H and O–H groups in total. The first-order chi connectivity index (χ1) is 18.7. The number of sulfonamides is 1. The van der Waals surface area contributed by atoms with Crippen molar-refractivity contribution in [1.29, 1.82) is 0 Å².